The van der Waals surface area contributed by atoms with Crippen molar-refractivity contribution in [1.29, 1.82) is 0 Å². The molecule has 6 fully saturated rings. The number of carbonyl (C=O) groups excluding carboxylic acids is 12. The lowest BCUT2D eigenvalue weighted by Crippen LogP contribution is -2.53. The van der Waals surface area contributed by atoms with E-state index in [-0.39, 0.29) is 133 Å². The van der Waals surface area contributed by atoms with Crippen LogP contribution in [0, 0.1) is 65.1 Å². The molecule has 4 saturated heterocycles. The summed E-state index contributed by atoms with van der Waals surface area (Å²) < 4.78 is 0. The van der Waals surface area contributed by atoms with Crippen LogP contribution in [0.1, 0.15) is 179 Å². The molecular formula is C69H120N16O12. The molecule has 4 heterocycles. The van der Waals surface area contributed by atoms with Crippen LogP contribution < -0.4 is 85.5 Å². The number of rotatable bonds is 37. The van der Waals surface area contributed by atoms with E-state index in [0.717, 1.165) is 0 Å². The first-order valence-corrected chi connectivity index (χ1v) is 36.3. The summed E-state index contributed by atoms with van der Waals surface area (Å²) in [6.45, 7) is 24.2. The fraction of sp³-hybridized carbons (Fsp3) is 0.826. The smallest absolute Gasteiger partial charge is 0.226 e. The SMILES string of the molecule is CC(=O)N[C@H](CC(=O)N[C@H]1CNC[C@@H]1C(=O)N[C@@H](CC(=O)N[C@@H]1CCC[C@H]1C(=O)N[C@H]1CNC[C@@H]1C(=O)N[C@H](CC(=O)N[C@H]1CNC[C@@H]1C(=O)N[C@H]1CCC[C@@H]1C(=O)N[C@H](CC(=O)N[C@H]1CNC[C@@H]1C(=O)N[C@H](CC(N)=O)CC(C)C)CC(C)C)CC(C)C)CC(C)C)CC(C)C. The Balaban J connectivity index is 0.963. The summed E-state index contributed by atoms with van der Waals surface area (Å²) in [7, 11) is 0. The monoisotopic (exact) mass is 1360 g/mol. The van der Waals surface area contributed by atoms with Crippen LogP contribution in [0.5, 0.6) is 0 Å². The first-order valence-electron chi connectivity index (χ1n) is 36.3. The van der Waals surface area contributed by atoms with E-state index in [9.17, 15) is 57.5 Å². The van der Waals surface area contributed by atoms with Crippen LogP contribution in [0.4, 0.5) is 0 Å². The second-order valence-corrected chi connectivity index (χ2v) is 30.9. The van der Waals surface area contributed by atoms with Crippen molar-refractivity contribution in [3.8, 4) is 0 Å². The van der Waals surface area contributed by atoms with Gasteiger partial charge in [0.15, 0.2) is 0 Å². The van der Waals surface area contributed by atoms with Crippen molar-refractivity contribution >= 4 is 70.9 Å². The third kappa shape index (κ3) is 26.3. The van der Waals surface area contributed by atoms with E-state index in [2.05, 4.69) is 79.8 Å². The minimum absolute atomic E-state index is 0.0115. The molecular weight excluding hydrogens is 1240 g/mol. The predicted octanol–water partition coefficient (Wildman–Crippen LogP) is -0.517. The molecule has 548 valence electrons. The zero-order valence-corrected chi connectivity index (χ0v) is 59.6. The van der Waals surface area contributed by atoms with Crippen LogP contribution in [-0.4, -0.2) is 190 Å². The van der Waals surface area contributed by atoms with Crippen molar-refractivity contribution in [3.63, 3.8) is 0 Å². The Morgan fingerprint density at radius 1 is 0.309 bits per heavy atom. The number of nitrogens with two attached hydrogens (primary N) is 1. The lowest BCUT2D eigenvalue weighted by Gasteiger charge is -2.28. The summed E-state index contributed by atoms with van der Waals surface area (Å²) in [4.78, 5) is 162. The normalized spacial score (nSPS) is 27.0. The molecule has 0 aromatic carbocycles. The van der Waals surface area contributed by atoms with Crippen molar-refractivity contribution in [2.45, 2.75) is 245 Å². The molecule has 97 heavy (non-hydrogen) atoms. The van der Waals surface area contributed by atoms with E-state index in [1.807, 2.05) is 69.2 Å². The van der Waals surface area contributed by atoms with Gasteiger partial charge in [-0.1, -0.05) is 82.1 Å². The van der Waals surface area contributed by atoms with E-state index in [1.54, 1.807) is 0 Å². The molecule has 6 rings (SSSR count). The molecule has 0 aromatic heterocycles. The molecule has 28 heteroatoms. The molecule has 4 aliphatic heterocycles. The molecule has 2 saturated carbocycles. The second kappa shape index (κ2) is 38.7. The first kappa shape index (κ1) is 79.5. The maximum Gasteiger partial charge on any atom is 0.226 e. The summed E-state index contributed by atoms with van der Waals surface area (Å²) >= 11 is 0. The molecule has 0 aromatic rings. The van der Waals surface area contributed by atoms with E-state index in [0.29, 0.717) is 123 Å². The van der Waals surface area contributed by atoms with Crippen molar-refractivity contribution in [3.05, 3.63) is 0 Å². The summed E-state index contributed by atoms with van der Waals surface area (Å²) in [5.41, 5.74) is 5.48. The van der Waals surface area contributed by atoms with Gasteiger partial charge in [-0.05, 0) is 87.4 Å². The van der Waals surface area contributed by atoms with Gasteiger partial charge in [-0.2, -0.15) is 0 Å². The fourth-order valence-electron chi connectivity index (χ4n) is 15.4. The van der Waals surface area contributed by atoms with E-state index in [4.69, 9.17) is 5.73 Å². The Hall–Kier alpha value is -6.52. The number of carbonyl (C=O) groups is 12. The standard InChI is InChI=1S/C69H120N16O12/c1-36(2)18-42(23-59(70)87)76-66(94)49-28-71-32-55(49)82-62(90)26-44(20-38(5)6)77-64(92)48-15-13-17-54(48)84-69(97)51-30-73-34-57(51)83-63(91)27-46(22-40(9)10)79-68(96)52-31-74-35-58(52)85-65(93)47-14-12-16-53(47)80-60(88)25-45(21-39(7)8)78-67(95)50-29-72-33-56(50)81-61(89)24-43(19-37(3)4)75-41(11)86/h36-40,42-58,71-74H,12-35H2,1-11H3,(H2,70,87)(H,75,86)(H,76,94)(H,77,92)(H,78,95)(H,79,96)(H,80,88)(H,81,89)(H,82,90)(H,83,91)(H,84,97)(H,85,93)/t42-,43-,44-,45+,46-,47+,48-,49-,50-,51-,52-,53+,54-,55-,56-,57-,58-/m0/s1. The van der Waals surface area contributed by atoms with Crippen molar-refractivity contribution in [2.24, 2.45) is 70.8 Å². The quantitative estimate of drug-likeness (QED) is 0.0372. The minimum Gasteiger partial charge on any atom is -0.370 e. The predicted molar refractivity (Wildman–Crippen MR) is 367 cm³/mol. The Bertz CT molecular complexity index is 2700. The van der Waals surface area contributed by atoms with E-state index < -0.39 is 102 Å². The van der Waals surface area contributed by atoms with Gasteiger partial charge < -0.3 is 85.5 Å². The number of amides is 12. The van der Waals surface area contributed by atoms with Gasteiger partial charge in [0.1, 0.15) is 0 Å². The Morgan fingerprint density at radius 2 is 0.557 bits per heavy atom. The molecule has 0 bridgehead atoms. The summed E-state index contributed by atoms with van der Waals surface area (Å²) in [6.07, 6.45) is 6.36. The molecule has 0 spiro atoms. The van der Waals surface area contributed by atoms with E-state index >= 15 is 0 Å². The Labute approximate surface area is 574 Å². The molecule has 2 aliphatic carbocycles. The lowest BCUT2D eigenvalue weighted by molar-refractivity contribution is -0.131. The average molecular weight is 1370 g/mol. The number of hydrogen-bond acceptors (Lipinski definition) is 16. The fourth-order valence-corrected chi connectivity index (χ4v) is 15.4. The highest BCUT2D eigenvalue weighted by atomic mass is 16.2. The highest BCUT2D eigenvalue weighted by Crippen LogP contribution is 2.30. The largest absolute Gasteiger partial charge is 0.370 e. The van der Waals surface area contributed by atoms with Crippen molar-refractivity contribution in [1.82, 2.24) is 79.8 Å². The van der Waals surface area contributed by atoms with Crippen LogP contribution >= 0.6 is 0 Å². The topological polar surface area (TPSA) is 411 Å². The van der Waals surface area contributed by atoms with Gasteiger partial charge in [-0.25, -0.2) is 0 Å². The molecule has 17 atom stereocenters. The number of hydrogen-bond donors (Lipinski definition) is 16. The second-order valence-electron chi connectivity index (χ2n) is 30.9. The molecule has 0 radical (unpaired) electrons. The maximum atomic E-state index is 14.2. The summed E-state index contributed by atoms with van der Waals surface area (Å²) in [6, 6.07) is -5.40. The number of primary amides is 1. The summed E-state index contributed by atoms with van der Waals surface area (Å²) in [5, 5.41) is 46.5. The maximum absolute atomic E-state index is 14.2. The first-order chi connectivity index (χ1) is 45.9. The zero-order chi connectivity index (χ0) is 71.2. The van der Waals surface area contributed by atoms with Crippen molar-refractivity contribution < 1.29 is 57.5 Å². The van der Waals surface area contributed by atoms with Crippen LogP contribution in [0.25, 0.3) is 0 Å². The molecule has 17 N–H and O–H groups in total. The van der Waals surface area contributed by atoms with Gasteiger partial charge in [0.05, 0.1) is 59.7 Å². The lowest BCUT2D eigenvalue weighted by atomic mass is 9.95. The molecule has 28 nitrogen and oxygen atoms in total. The zero-order valence-electron chi connectivity index (χ0n) is 59.6. The van der Waals surface area contributed by atoms with Gasteiger partial charge in [-0.15, -0.1) is 0 Å². The molecule has 12 amide bonds. The van der Waals surface area contributed by atoms with Crippen molar-refractivity contribution in [2.75, 3.05) is 52.4 Å². The highest BCUT2D eigenvalue weighted by molar-refractivity contribution is 5.89. The third-order valence-corrected chi connectivity index (χ3v) is 19.7. The minimum atomic E-state index is -0.654. The van der Waals surface area contributed by atoms with Crippen LogP contribution in [0.15, 0.2) is 0 Å². The summed E-state index contributed by atoms with van der Waals surface area (Å²) in [5.74, 6) is -6.35. The van der Waals surface area contributed by atoms with Crippen LogP contribution in [0.2, 0.25) is 0 Å². The molecule has 0 unspecified atom stereocenters. The van der Waals surface area contributed by atoms with Gasteiger partial charge in [0, 0.05) is 134 Å². The van der Waals surface area contributed by atoms with Crippen LogP contribution in [-0.2, 0) is 57.5 Å². The Kier molecular flexibility index (Phi) is 31.7. The van der Waals surface area contributed by atoms with Gasteiger partial charge in [0.2, 0.25) is 70.9 Å². The van der Waals surface area contributed by atoms with Gasteiger partial charge in [0.25, 0.3) is 0 Å². The third-order valence-electron chi connectivity index (χ3n) is 19.7. The molecule has 6 aliphatic rings. The average Bonchev–Trinajstić information content (AvgIpc) is 1.74. The number of nitrogens with one attached hydrogen (secondary N) is 15. The van der Waals surface area contributed by atoms with Gasteiger partial charge in [-0.3, -0.25) is 57.5 Å². The Morgan fingerprint density at radius 3 is 0.876 bits per heavy atom. The van der Waals surface area contributed by atoms with Gasteiger partial charge >= 0.3 is 0 Å². The van der Waals surface area contributed by atoms with Crippen LogP contribution in [0.3, 0.4) is 0 Å². The highest BCUT2D eigenvalue weighted by Gasteiger charge is 2.44. The van der Waals surface area contributed by atoms with E-state index in [1.165, 1.54) is 6.92 Å².